The van der Waals surface area contributed by atoms with Gasteiger partial charge in [0.1, 0.15) is 0 Å². The van der Waals surface area contributed by atoms with Gasteiger partial charge in [0.15, 0.2) is 15.0 Å². The summed E-state index contributed by atoms with van der Waals surface area (Å²) in [6.07, 6.45) is 4.68. The van der Waals surface area contributed by atoms with Crippen molar-refractivity contribution in [3.05, 3.63) is 71.5 Å². The van der Waals surface area contributed by atoms with Crippen LogP contribution < -0.4 is 4.90 Å². The number of carbonyl (C=O) groups excluding carboxylic acids is 1. The van der Waals surface area contributed by atoms with Crippen molar-refractivity contribution in [3.63, 3.8) is 0 Å². The molecule has 160 valence electrons. The Balaban J connectivity index is 1.71. The molecule has 0 fully saturated rings. The van der Waals surface area contributed by atoms with Gasteiger partial charge in [0.25, 0.3) is 5.91 Å². The molecule has 9 heteroatoms. The minimum absolute atomic E-state index is 0.179. The van der Waals surface area contributed by atoms with Crippen LogP contribution in [-0.4, -0.2) is 41.9 Å². The lowest BCUT2D eigenvalue weighted by atomic mass is 10.1. The second-order valence-corrected chi connectivity index (χ2v) is 10.5. The van der Waals surface area contributed by atoms with Gasteiger partial charge in [0.2, 0.25) is 0 Å². The molecule has 2 aromatic carbocycles. The molecule has 0 saturated carbocycles. The minimum Gasteiger partial charge on any atom is -0.282 e. The van der Waals surface area contributed by atoms with Gasteiger partial charge in [-0.25, -0.2) is 13.4 Å². The molecular formula is C22H22N4O3S2. The van der Waals surface area contributed by atoms with Crippen LogP contribution in [0.2, 0.25) is 0 Å². The molecule has 0 bridgehead atoms. The standard InChI is InChI=1S/C22H22N4O3S2/c1-15-13-16(2)20-19(14-15)30-22(24-20)26(12-11-25-10-4-9-23-25)21(27)17-5-7-18(8-6-17)31(3,28)29/h4-10,13-14H,11-12H2,1-3H3. The van der Waals surface area contributed by atoms with E-state index in [2.05, 4.69) is 17.2 Å². The van der Waals surface area contributed by atoms with E-state index in [0.29, 0.717) is 23.8 Å². The number of amides is 1. The predicted molar refractivity (Wildman–Crippen MR) is 123 cm³/mol. The maximum atomic E-state index is 13.4. The number of sulfone groups is 1. The lowest BCUT2D eigenvalue weighted by molar-refractivity contribution is 0.0985. The number of hydrogen-bond donors (Lipinski definition) is 0. The number of aryl methyl sites for hydroxylation is 2. The van der Waals surface area contributed by atoms with E-state index in [1.54, 1.807) is 27.9 Å². The highest BCUT2D eigenvalue weighted by molar-refractivity contribution is 7.90. The lowest BCUT2D eigenvalue weighted by Gasteiger charge is -2.20. The van der Waals surface area contributed by atoms with Gasteiger partial charge in [-0.05, 0) is 61.4 Å². The van der Waals surface area contributed by atoms with Crippen molar-refractivity contribution in [1.29, 1.82) is 0 Å². The third kappa shape index (κ3) is 4.52. The zero-order valence-corrected chi connectivity index (χ0v) is 19.1. The van der Waals surface area contributed by atoms with Crippen molar-refractivity contribution < 1.29 is 13.2 Å². The van der Waals surface area contributed by atoms with Gasteiger partial charge < -0.3 is 0 Å². The monoisotopic (exact) mass is 454 g/mol. The van der Waals surface area contributed by atoms with Crippen LogP contribution in [0.1, 0.15) is 21.5 Å². The molecule has 31 heavy (non-hydrogen) atoms. The lowest BCUT2D eigenvalue weighted by Crippen LogP contribution is -2.34. The Morgan fingerprint density at radius 2 is 1.90 bits per heavy atom. The molecule has 0 spiro atoms. The molecule has 7 nitrogen and oxygen atoms in total. The first kappa shape index (κ1) is 21.2. The molecule has 1 amide bonds. The summed E-state index contributed by atoms with van der Waals surface area (Å²) in [6, 6.07) is 12.0. The van der Waals surface area contributed by atoms with E-state index >= 15 is 0 Å². The zero-order valence-electron chi connectivity index (χ0n) is 17.4. The zero-order chi connectivity index (χ0) is 22.2. The Bertz CT molecular complexity index is 1340. The molecule has 2 aromatic heterocycles. The molecule has 0 unspecified atom stereocenters. The highest BCUT2D eigenvalue weighted by Gasteiger charge is 2.22. The first-order valence-corrected chi connectivity index (χ1v) is 12.4. The number of aromatic nitrogens is 3. The first-order chi connectivity index (χ1) is 14.7. The van der Waals surface area contributed by atoms with E-state index in [9.17, 15) is 13.2 Å². The number of anilines is 1. The second-order valence-electron chi connectivity index (χ2n) is 7.45. The predicted octanol–water partition coefficient (Wildman–Crippen LogP) is 3.86. The van der Waals surface area contributed by atoms with Crippen LogP contribution in [-0.2, 0) is 16.4 Å². The quantitative estimate of drug-likeness (QED) is 0.442. The molecular weight excluding hydrogens is 432 g/mol. The molecule has 4 rings (SSSR count). The van der Waals surface area contributed by atoms with Gasteiger partial charge in [0.05, 0.1) is 21.7 Å². The summed E-state index contributed by atoms with van der Waals surface area (Å²) >= 11 is 1.47. The van der Waals surface area contributed by atoms with Gasteiger partial charge in [-0.15, -0.1) is 0 Å². The smallest absolute Gasteiger partial charge is 0.260 e. The van der Waals surface area contributed by atoms with Gasteiger partial charge >= 0.3 is 0 Å². The summed E-state index contributed by atoms with van der Waals surface area (Å²) in [7, 11) is -3.33. The number of benzene rings is 2. The highest BCUT2D eigenvalue weighted by atomic mass is 32.2. The van der Waals surface area contributed by atoms with E-state index in [0.717, 1.165) is 27.6 Å². The summed E-state index contributed by atoms with van der Waals surface area (Å²) in [5.74, 6) is -0.236. The number of hydrogen-bond acceptors (Lipinski definition) is 6. The topological polar surface area (TPSA) is 85.2 Å². The Morgan fingerprint density at radius 1 is 1.16 bits per heavy atom. The Morgan fingerprint density at radius 3 is 2.55 bits per heavy atom. The summed E-state index contributed by atoms with van der Waals surface area (Å²) < 4.78 is 26.3. The molecule has 2 heterocycles. The van der Waals surface area contributed by atoms with Gasteiger partial charge in [-0.2, -0.15) is 5.10 Å². The number of carbonyl (C=O) groups is 1. The molecule has 0 N–H and O–H groups in total. The number of fused-ring (bicyclic) bond motifs is 1. The van der Waals surface area contributed by atoms with Crippen molar-refractivity contribution in [2.75, 3.05) is 17.7 Å². The molecule has 0 atom stereocenters. The van der Waals surface area contributed by atoms with E-state index in [4.69, 9.17) is 4.98 Å². The first-order valence-electron chi connectivity index (χ1n) is 9.69. The van der Waals surface area contributed by atoms with Crippen LogP contribution in [0.25, 0.3) is 10.2 Å². The molecule has 4 aromatic rings. The largest absolute Gasteiger partial charge is 0.282 e. The molecule has 0 aliphatic rings. The molecule has 0 aliphatic heterocycles. The summed E-state index contributed by atoms with van der Waals surface area (Å²) in [5.41, 5.74) is 3.50. The van der Waals surface area contributed by atoms with Crippen LogP contribution in [0.5, 0.6) is 0 Å². The fourth-order valence-corrected chi connectivity index (χ4v) is 5.19. The van der Waals surface area contributed by atoms with Crippen molar-refractivity contribution in [2.24, 2.45) is 0 Å². The summed E-state index contributed by atoms with van der Waals surface area (Å²) in [5, 5.41) is 4.82. The average molecular weight is 455 g/mol. The fraction of sp³-hybridized carbons (Fsp3) is 0.227. The van der Waals surface area contributed by atoms with Gasteiger partial charge in [0, 0.05) is 30.8 Å². The molecule has 0 aliphatic carbocycles. The number of nitrogens with zero attached hydrogens (tertiary/aromatic N) is 4. The van der Waals surface area contributed by atoms with Crippen LogP contribution in [0.15, 0.2) is 59.8 Å². The molecule has 0 saturated heterocycles. The van der Waals surface area contributed by atoms with Gasteiger partial charge in [-0.1, -0.05) is 17.4 Å². The Kier molecular flexibility index (Phi) is 5.63. The third-order valence-corrected chi connectivity index (χ3v) is 7.09. The minimum atomic E-state index is -3.33. The van der Waals surface area contributed by atoms with E-state index in [1.165, 1.54) is 23.5 Å². The highest BCUT2D eigenvalue weighted by Crippen LogP contribution is 2.32. The normalized spacial score (nSPS) is 11.7. The Hall–Kier alpha value is -3.04. The fourth-order valence-electron chi connectivity index (χ4n) is 3.39. The van der Waals surface area contributed by atoms with Crippen LogP contribution in [0.3, 0.4) is 0 Å². The van der Waals surface area contributed by atoms with Crippen LogP contribution in [0.4, 0.5) is 5.13 Å². The maximum Gasteiger partial charge on any atom is 0.260 e. The van der Waals surface area contributed by atoms with Crippen LogP contribution in [0, 0.1) is 13.8 Å². The molecule has 0 radical (unpaired) electrons. The Labute approximate surface area is 184 Å². The summed E-state index contributed by atoms with van der Waals surface area (Å²) in [4.78, 5) is 20.0. The van der Waals surface area contributed by atoms with E-state index < -0.39 is 9.84 Å². The average Bonchev–Trinajstić information content (AvgIpc) is 3.37. The summed E-state index contributed by atoms with van der Waals surface area (Å²) in [6.45, 7) is 4.94. The SMILES string of the molecule is Cc1cc(C)c2nc(N(CCn3cccn3)C(=O)c3ccc(S(C)(=O)=O)cc3)sc2c1. The third-order valence-electron chi connectivity index (χ3n) is 4.94. The van der Waals surface area contributed by atoms with E-state index in [1.807, 2.05) is 26.1 Å². The van der Waals surface area contributed by atoms with Crippen LogP contribution >= 0.6 is 11.3 Å². The van der Waals surface area contributed by atoms with E-state index in [-0.39, 0.29) is 10.8 Å². The number of thiazole rings is 1. The maximum absolute atomic E-state index is 13.4. The van der Waals surface area contributed by atoms with Crippen molar-refractivity contribution in [1.82, 2.24) is 14.8 Å². The van der Waals surface area contributed by atoms with Crippen molar-refractivity contribution in [3.8, 4) is 0 Å². The van der Waals surface area contributed by atoms with Gasteiger partial charge in [-0.3, -0.25) is 14.4 Å². The number of rotatable bonds is 6. The second kappa shape index (κ2) is 8.24. The van der Waals surface area contributed by atoms with Crippen molar-refractivity contribution in [2.45, 2.75) is 25.3 Å². The van der Waals surface area contributed by atoms with Crippen molar-refractivity contribution >= 4 is 42.4 Å².